The Morgan fingerprint density at radius 1 is 1.20 bits per heavy atom. The number of para-hydroxylation sites is 1. The summed E-state index contributed by atoms with van der Waals surface area (Å²) in [5, 5.41) is 13.5. The minimum absolute atomic E-state index is 0.0205. The Morgan fingerprint density at radius 2 is 1.92 bits per heavy atom. The second-order valence-corrected chi connectivity index (χ2v) is 5.39. The molecule has 25 heavy (non-hydrogen) atoms. The van der Waals surface area contributed by atoms with E-state index in [9.17, 15) is 19.7 Å². The first kappa shape index (κ1) is 18.1. The zero-order valence-electron chi connectivity index (χ0n) is 13.9. The Balaban J connectivity index is 2.00. The van der Waals surface area contributed by atoms with Gasteiger partial charge >= 0.3 is 5.97 Å². The molecular weight excluding hydrogens is 324 g/mol. The number of nitrogens with zero attached hydrogens (tertiary/aromatic N) is 1. The molecule has 0 aliphatic heterocycles. The van der Waals surface area contributed by atoms with Crippen LogP contribution in [0.2, 0.25) is 0 Å². The molecule has 0 saturated heterocycles. The van der Waals surface area contributed by atoms with Gasteiger partial charge in [0.1, 0.15) is 0 Å². The summed E-state index contributed by atoms with van der Waals surface area (Å²) in [5.74, 6) is -1.26. The number of amides is 1. The highest BCUT2D eigenvalue weighted by atomic mass is 16.6. The lowest BCUT2D eigenvalue weighted by Crippen LogP contribution is -2.22. The van der Waals surface area contributed by atoms with E-state index < -0.39 is 23.4 Å². The van der Waals surface area contributed by atoms with E-state index in [4.69, 9.17) is 4.74 Å². The number of esters is 1. The molecule has 0 unspecified atom stereocenters. The molecule has 130 valence electrons. The third-order valence-electron chi connectivity index (χ3n) is 3.63. The predicted molar refractivity (Wildman–Crippen MR) is 92.6 cm³/mol. The van der Waals surface area contributed by atoms with Crippen molar-refractivity contribution in [3.8, 4) is 0 Å². The second-order valence-electron chi connectivity index (χ2n) is 5.39. The number of hydrogen-bond acceptors (Lipinski definition) is 5. The molecule has 0 bridgehead atoms. The summed E-state index contributed by atoms with van der Waals surface area (Å²) >= 11 is 0. The number of ether oxygens (including phenoxy) is 1. The standard InChI is InChI=1S/C18H18N2O5/c1-3-13-7-4-6-12(2)17(13)19-16(21)11-25-18(22)14-8-5-9-15(10-14)20(23)24/h4-10H,3,11H2,1-2H3,(H,19,21). The lowest BCUT2D eigenvalue weighted by atomic mass is 10.1. The molecule has 2 aromatic rings. The van der Waals surface area contributed by atoms with E-state index in [1.54, 1.807) is 0 Å². The molecular formula is C18H18N2O5. The maximum atomic E-state index is 12.0. The topological polar surface area (TPSA) is 98.5 Å². The highest BCUT2D eigenvalue weighted by Gasteiger charge is 2.15. The van der Waals surface area contributed by atoms with Crippen LogP contribution in [0.1, 0.15) is 28.4 Å². The largest absolute Gasteiger partial charge is 0.452 e. The van der Waals surface area contributed by atoms with Crippen LogP contribution in [0.15, 0.2) is 42.5 Å². The Hall–Kier alpha value is -3.22. The number of hydrogen-bond donors (Lipinski definition) is 1. The van der Waals surface area contributed by atoms with Gasteiger partial charge in [0.15, 0.2) is 6.61 Å². The van der Waals surface area contributed by atoms with Crippen molar-refractivity contribution in [2.45, 2.75) is 20.3 Å². The number of rotatable bonds is 6. The summed E-state index contributed by atoms with van der Waals surface area (Å²) in [6.07, 6.45) is 0.755. The quantitative estimate of drug-likeness (QED) is 0.493. The Morgan fingerprint density at radius 3 is 2.60 bits per heavy atom. The van der Waals surface area contributed by atoms with Gasteiger partial charge < -0.3 is 10.1 Å². The van der Waals surface area contributed by atoms with E-state index >= 15 is 0 Å². The predicted octanol–water partition coefficient (Wildman–Crippen LogP) is 3.26. The first-order valence-electron chi connectivity index (χ1n) is 7.72. The van der Waals surface area contributed by atoms with E-state index in [-0.39, 0.29) is 11.3 Å². The van der Waals surface area contributed by atoms with Crippen molar-refractivity contribution in [2.75, 3.05) is 11.9 Å². The van der Waals surface area contributed by atoms with Crippen molar-refractivity contribution < 1.29 is 19.2 Å². The smallest absolute Gasteiger partial charge is 0.338 e. The molecule has 0 saturated carbocycles. The Kier molecular flexibility index (Phi) is 5.84. The third kappa shape index (κ3) is 4.63. The summed E-state index contributed by atoms with van der Waals surface area (Å²) in [6.45, 7) is 3.38. The Labute approximate surface area is 144 Å². The average molecular weight is 342 g/mol. The van der Waals surface area contributed by atoms with Crippen molar-refractivity contribution in [1.82, 2.24) is 0 Å². The number of non-ortho nitro benzene ring substituents is 1. The van der Waals surface area contributed by atoms with E-state index in [1.807, 2.05) is 32.0 Å². The molecule has 7 heteroatoms. The van der Waals surface area contributed by atoms with Gasteiger partial charge in [0.25, 0.3) is 11.6 Å². The fourth-order valence-corrected chi connectivity index (χ4v) is 2.34. The number of nitrogens with one attached hydrogen (secondary N) is 1. The fourth-order valence-electron chi connectivity index (χ4n) is 2.34. The molecule has 2 aromatic carbocycles. The van der Waals surface area contributed by atoms with Crippen molar-refractivity contribution >= 4 is 23.3 Å². The molecule has 7 nitrogen and oxygen atoms in total. The van der Waals surface area contributed by atoms with E-state index in [2.05, 4.69) is 5.32 Å². The van der Waals surface area contributed by atoms with Crippen molar-refractivity contribution in [1.29, 1.82) is 0 Å². The van der Waals surface area contributed by atoms with Crippen LogP contribution < -0.4 is 5.32 Å². The molecule has 1 N–H and O–H groups in total. The maximum Gasteiger partial charge on any atom is 0.338 e. The van der Waals surface area contributed by atoms with E-state index in [0.29, 0.717) is 5.69 Å². The number of anilines is 1. The van der Waals surface area contributed by atoms with Gasteiger partial charge in [0.2, 0.25) is 0 Å². The summed E-state index contributed by atoms with van der Waals surface area (Å²) in [5.41, 5.74) is 2.41. The molecule has 2 rings (SSSR count). The van der Waals surface area contributed by atoms with Crippen LogP contribution in [0.25, 0.3) is 0 Å². The van der Waals surface area contributed by atoms with Crippen LogP contribution >= 0.6 is 0 Å². The van der Waals surface area contributed by atoms with Crippen LogP contribution in [-0.4, -0.2) is 23.4 Å². The van der Waals surface area contributed by atoms with Crippen LogP contribution in [0, 0.1) is 17.0 Å². The third-order valence-corrected chi connectivity index (χ3v) is 3.63. The lowest BCUT2D eigenvalue weighted by molar-refractivity contribution is -0.384. The number of benzene rings is 2. The second kappa shape index (κ2) is 8.05. The van der Waals surface area contributed by atoms with E-state index in [1.165, 1.54) is 18.2 Å². The molecule has 0 fully saturated rings. The molecule has 0 radical (unpaired) electrons. The minimum atomic E-state index is -0.792. The number of carbonyl (C=O) groups is 2. The lowest BCUT2D eigenvalue weighted by Gasteiger charge is -2.13. The molecule has 0 aliphatic carbocycles. The zero-order valence-corrected chi connectivity index (χ0v) is 13.9. The van der Waals surface area contributed by atoms with Crippen molar-refractivity contribution in [3.05, 3.63) is 69.3 Å². The highest BCUT2D eigenvalue weighted by Crippen LogP contribution is 2.21. The summed E-state index contributed by atoms with van der Waals surface area (Å²) in [4.78, 5) is 34.1. The summed E-state index contributed by atoms with van der Waals surface area (Å²) in [6, 6.07) is 10.9. The van der Waals surface area contributed by atoms with Gasteiger partial charge in [0.05, 0.1) is 10.5 Å². The maximum absolute atomic E-state index is 12.0. The van der Waals surface area contributed by atoms with Gasteiger partial charge in [-0.25, -0.2) is 4.79 Å². The molecule has 0 aromatic heterocycles. The fraction of sp³-hybridized carbons (Fsp3) is 0.222. The first-order chi connectivity index (χ1) is 11.9. The minimum Gasteiger partial charge on any atom is -0.452 e. The molecule has 0 aliphatic rings. The first-order valence-corrected chi connectivity index (χ1v) is 7.72. The van der Waals surface area contributed by atoms with E-state index in [0.717, 1.165) is 23.6 Å². The normalized spacial score (nSPS) is 10.2. The van der Waals surface area contributed by atoms with Crippen LogP contribution in [-0.2, 0) is 16.0 Å². The van der Waals surface area contributed by atoms with Gasteiger partial charge in [-0.15, -0.1) is 0 Å². The van der Waals surface area contributed by atoms with Crippen LogP contribution in [0.5, 0.6) is 0 Å². The average Bonchev–Trinajstić information content (AvgIpc) is 2.61. The van der Waals surface area contributed by atoms with Gasteiger partial charge in [-0.1, -0.05) is 31.2 Å². The van der Waals surface area contributed by atoms with Crippen LogP contribution in [0.4, 0.5) is 11.4 Å². The van der Waals surface area contributed by atoms with Crippen molar-refractivity contribution in [3.63, 3.8) is 0 Å². The molecule has 0 spiro atoms. The van der Waals surface area contributed by atoms with Gasteiger partial charge in [0, 0.05) is 17.8 Å². The highest BCUT2D eigenvalue weighted by molar-refractivity contribution is 5.96. The van der Waals surface area contributed by atoms with Gasteiger partial charge in [-0.2, -0.15) is 0 Å². The summed E-state index contributed by atoms with van der Waals surface area (Å²) in [7, 11) is 0. The monoisotopic (exact) mass is 342 g/mol. The van der Waals surface area contributed by atoms with Gasteiger partial charge in [-0.3, -0.25) is 14.9 Å². The number of nitro groups is 1. The van der Waals surface area contributed by atoms with Gasteiger partial charge in [-0.05, 0) is 30.5 Å². The zero-order chi connectivity index (χ0) is 18.4. The number of carbonyl (C=O) groups excluding carboxylic acids is 2. The van der Waals surface area contributed by atoms with Crippen molar-refractivity contribution in [2.24, 2.45) is 0 Å². The number of aryl methyl sites for hydroxylation is 2. The summed E-state index contributed by atoms with van der Waals surface area (Å²) < 4.78 is 4.94. The molecule has 0 heterocycles. The number of nitro benzene ring substituents is 1. The molecule has 1 amide bonds. The van der Waals surface area contributed by atoms with Crippen LogP contribution in [0.3, 0.4) is 0 Å². The SMILES string of the molecule is CCc1cccc(C)c1NC(=O)COC(=O)c1cccc([N+](=O)[O-])c1. The Bertz CT molecular complexity index is 817. The molecule has 0 atom stereocenters.